The lowest BCUT2D eigenvalue weighted by atomic mass is 10.0. The Morgan fingerprint density at radius 1 is 0.840 bits per heavy atom. The van der Waals surface area contributed by atoms with Crippen LogP contribution < -0.4 is 29.3 Å². The molecule has 1 amide bonds. The van der Waals surface area contributed by atoms with Crippen molar-refractivity contribution in [3.05, 3.63) is 0 Å². The van der Waals surface area contributed by atoms with Gasteiger partial charge in [-0.3, -0.25) is 4.79 Å². The molecule has 0 rings (SSSR count). The monoisotopic (exact) mass is 468 g/mol. The normalized spacial score (nSPS) is 12.8. The molecule has 0 heterocycles. The van der Waals surface area contributed by atoms with Crippen molar-refractivity contribution in [1.29, 1.82) is 0 Å². The van der Waals surface area contributed by atoms with Gasteiger partial charge in [-0.05, 0) is 12.3 Å². The van der Waals surface area contributed by atoms with E-state index in [2.05, 4.69) is 47.2 Å². The molecule has 0 radical (unpaired) electrons. The average Bonchev–Trinajstić information content (AvgIpc) is 2.48. The maximum Gasteiger partial charge on any atom is 0.278 e. The number of halogens is 1. The van der Waals surface area contributed by atoms with Crippen LogP contribution in [-0.4, -0.2) is 44.1 Å². The molecule has 4 heteroatoms. The Kier molecular flexibility index (Phi) is 17.9. The Morgan fingerprint density at radius 2 is 1.28 bits per heavy atom. The van der Waals surface area contributed by atoms with Crippen molar-refractivity contribution in [2.75, 3.05) is 27.7 Å². The lowest BCUT2D eigenvalue weighted by Gasteiger charge is -2.34. The zero-order valence-corrected chi connectivity index (χ0v) is 20.0. The number of hydrogen-bond acceptors (Lipinski definition) is 1. The minimum atomic E-state index is 0. The van der Waals surface area contributed by atoms with Crippen LogP contribution in [0, 0.1) is 5.92 Å². The number of nitrogens with one attached hydrogen (secondary N) is 1. The van der Waals surface area contributed by atoms with E-state index in [1.165, 1.54) is 57.8 Å². The third-order valence-electron chi connectivity index (χ3n) is 4.76. The van der Waals surface area contributed by atoms with Crippen molar-refractivity contribution in [3.8, 4) is 0 Å². The molecule has 1 N–H and O–H groups in total. The van der Waals surface area contributed by atoms with Crippen LogP contribution in [0.1, 0.15) is 91.4 Å². The molecule has 25 heavy (non-hydrogen) atoms. The number of unbranched alkanes of at least 4 members (excludes halogenated alkanes) is 9. The summed E-state index contributed by atoms with van der Waals surface area (Å²) in [5, 5.41) is 3.17. The lowest BCUT2D eigenvalue weighted by molar-refractivity contribution is -0.887. The van der Waals surface area contributed by atoms with Crippen LogP contribution in [0.4, 0.5) is 0 Å². The summed E-state index contributed by atoms with van der Waals surface area (Å²) in [4.78, 5) is 12.5. The molecule has 0 aliphatic heterocycles. The number of carbonyl (C=O) groups is 1. The maximum absolute atomic E-state index is 12.5. The molecule has 0 saturated carbocycles. The quantitative estimate of drug-likeness (QED) is 0.223. The van der Waals surface area contributed by atoms with Crippen LogP contribution >= 0.6 is 0 Å². The zero-order chi connectivity index (χ0) is 18.4. The van der Waals surface area contributed by atoms with Crippen molar-refractivity contribution in [1.82, 2.24) is 5.32 Å². The third kappa shape index (κ3) is 16.1. The van der Waals surface area contributed by atoms with Crippen LogP contribution in [-0.2, 0) is 4.79 Å². The highest BCUT2D eigenvalue weighted by molar-refractivity contribution is 5.80. The van der Waals surface area contributed by atoms with E-state index in [1.54, 1.807) is 0 Å². The second-order valence-electron chi connectivity index (χ2n) is 8.73. The number of amides is 1. The molecule has 0 fully saturated rings. The highest BCUT2D eigenvalue weighted by Gasteiger charge is 2.31. The fourth-order valence-corrected chi connectivity index (χ4v) is 3.16. The summed E-state index contributed by atoms with van der Waals surface area (Å²) in [5.74, 6) is 0.780. The third-order valence-corrected chi connectivity index (χ3v) is 4.76. The molecule has 0 aromatic heterocycles. The number of nitrogens with zero attached hydrogens (tertiary/aromatic N) is 1. The highest BCUT2D eigenvalue weighted by atomic mass is 127. The molecule has 1 atom stereocenters. The number of rotatable bonds is 15. The van der Waals surface area contributed by atoms with Gasteiger partial charge >= 0.3 is 0 Å². The van der Waals surface area contributed by atoms with Crippen molar-refractivity contribution in [3.63, 3.8) is 0 Å². The predicted molar refractivity (Wildman–Crippen MR) is 106 cm³/mol. The van der Waals surface area contributed by atoms with E-state index in [0.717, 1.165) is 19.4 Å². The van der Waals surface area contributed by atoms with E-state index in [-0.39, 0.29) is 35.9 Å². The minimum absolute atomic E-state index is 0. The number of quaternary nitrogens is 1. The fourth-order valence-electron chi connectivity index (χ4n) is 3.16. The molecular formula is C21H45IN2O. The summed E-state index contributed by atoms with van der Waals surface area (Å²) < 4.78 is 0.710. The van der Waals surface area contributed by atoms with Gasteiger partial charge < -0.3 is 33.8 Å². The first-order valence-corrected chi connectivity index (χ1v) is 10.4. The number of hydrogen-bond donors (Lipinski definition) is 1. The summed E-state index contributed by atoms with van der Waals surface area (Å²) in [6.07, 6.45) is 14.3. The Hall–Kier alpha value is 0.160. The van der Waals surface area contributed by atoms with Crippen molar-refractivity contribution >= 4 is 5.91 Å². The van der Waals surface area contributed by atoms with Gasteiger partial charge in [0.25, 0.3) is 5.91 Å². The Labute approximate surface area is 175 Å². The smallest absolute Gasteiger partial charge is 0.278 e. The van der Waals surface area contributed by atoms with Gasteiger partial charge in [-0.1, -0.05) is 78.6 Å². The van der Waals surface area contributed by atoms with Crippen molar-refractivity contribution < 1.29 is 33.3 Å². The Balaban J connectivity index is 0. The minimum Gasteiger partial charge on any atom is -1.00 e. The summed E-state index contributed by atoms with van der Waals surface area (Å²) in [5.41, 5.74) is 0. The van der Waals surface area contributed by atoms with Gasteiger partial charge in [0.05, 0.1) is 21.1 Å². The molecular weight excluding hydrogens is 423 g/mol. The van der Waals surface area contributed by atoms with E-state index < -0.39 is 0 Å². The maximum atomic E-state index is 12.5. The molecule has 3 nitrogen and oxygen atoms in total. The summed E-state index contributed by atoms with van der Waals surface area (Å²) >= 11 is 0. The molecule has 0 aromatic rings. The first kappa shape index (κ1) is 27.4. The van der Waals surface area contributed by atoms with E-state index in [1.807, 2.05) is 0 Å². The Bertz CT molecular complexity index is 314. The van der Waals surface area contributed by atoms with E-state index in [4.69, 9.17) is 0 Å². The van der Waals surface area contributed by atoms with Gasteiger partial charge in [-0.15, -0.1) is 0 Å². The molecule has 152 valence electrons. The van der Waals surface area contributed by atoms with Gasteiger partial charge in [0.15, 0.2) is 6.04 Å². The molecule has 0 bridgehead atoms. The number of likely N-dealkylation sites (N-methyl/N-ethyl adjacent to an activating group) is 1. The molecule has 0 unspecified atom stereocenters. The second kappa shape index (κ2) is 16.3. The van der Waals surface area contributed by atoms with Crippen LogP contribution in [0.3, 0.4) is 0 Å². The molecule has 0 spiro atoms. The van der Waals surface area contributed by atoms with E-state index in [0.29, 0.717) is 10.4 Å². The van der Waals surface area contributed by atoms with Crippen LogP contribution in [0.25, 0.3) is 0 Å². The first-order valence-electron chi connectivity index (χ1n) is 10.4. The van der Waals surface area contributed by atoms with Crippen molar-refractivity contribution in [2.45, 2.75) is 97.4 Å². The Morgan fingerprint density at radius 3 is 1.68 bits per heavy atom. The molecule has 0 aromatic carbocycles. The average molecular weight is 469 g/mol. The van der Waals surface area contributed by atoms with Gasteiger partial charge in [-0.25, -0.2) is 0 Å². The summed E-state index contributed by atoms with van der Waals surface area (Å²) in [6.45, 7) is 7.49. The van der Waals surface area contributed by atoms with Gasteiger partial charge in [0, 0.05) is 13.0 Å². The van der Waals surface area contributed by atoms with Crippen molar-refractivity contribution in [2.24, 2.45) is 5.92 Å². The second-order valence-corrected chi connectivity index (χ2v) is 8.73. The largest absolute Gasteiger partial charge is 1.00 e. The topological polar surface area (TPSA) is 29.1 Å². The van der Waals surface area contributed by atoms with E-state index >= 15 is 0 Å². The highest BCUT2D eigenvalue weighted by Crippen LogP contribution is 2.14. The summed E-state index contributed by atoms with van der Waals surface area (Å²) in [6, 6.07) is 0.0631. The summed E-state index contributed by atoms with van der Waals surface area (Å²) in [7, 11) is 6.35. The standard InChI is InChI=1S/C21H44N2O.HI/c1-7-8-9-10-11-12-13-14-15-16-17-22-21(24)20(18-19(2)3)23(4,5)6;/h19-20H,7-18H2,1-6H3;1H/t20-;/m0./s1. The lowest BCUT2D eigenvalue weighted by Crippen LogP contribution is -3.00. The van der Waals surface area contributed by atoms with Crippen LogP contribution in [0.15, 0.2) is 0 Å². The SMILES string of the molecule is CCCCCCCCCCCCNC(=O)[C@H](CC(C)C)[N+](C)(C)C.[I-]. The number of carbonyl (C=O) groups excluding carboxylic acids is 1. The van der Waals surface area contributed by atoms with Gasteiger partial charge in [0.2, 0.25) is 0 Å². The van der Waals surface area contributed by atoms with Crippen LogP contribution in [0.2, 0.25) is 0 Å². The predicted octanol–water partition coefficient (Wildman–Crippen LogP) is 2.15. The van der Waals surface area contributed by atoms with Gasteiger partial charge in [0.1, 0.15) is 0 Å². The van der Waals surface area contributed by atoms with E-state index in [9.17, 15) is 4.79 Å². The van der Waals surface area contributed by atoms with Gasteiger partial charge in [-0.2, -0.15) is 0 Å². The molecule has 0 saturated heterocycles. The first-order chi connectivity index (χ1) is 11.3. The fraction of sp³-hybridized carbons (Fsp3) is 0.952. The molecule has 0 aliphatic rings. The zero-order valence-electron chi connectivity index (χ0n) is 17.9. The molecule has 0 aliphatic carbocycles. The van der Waals surface area contributed by atoms with Crippen LogP contribution in [0.5, 0.6) is 0 Å².